The van der Waals surface area contributed by atoms with Crippen molar-refractivity contribution < 1.29 is 29.3 Å². The Hall–Kier alpha value is -1.66. The maximum absolute atomic E-state index is 10.6. The molecule has 0 aliphatic heterocycles. The van der Waals surface area contributed by atoms with Gasteiger partial charge in [-0.05, 0) is 13.8 Å². The van der Waals surface area contributed by atoms with Crippen molar-refractivity contribution in [2.45, 2.75) is 33.5 Å². The fraction of sp³-hybridized carbons (Fsp3) is 0.538. The maximum atomic E-state index is 10.6. The van der Waals surface area contributed by atoms with Gasteiger partial charge in [0.15, 0.2) is 0 Å². The fourth-order valence-electron chi connectivity index (χ4n) is 0.569. The predicted octanol–water partition coefficient (Wildman–Crippen LogP) is 0.932. The minimum Gasteiger partial charge on any atom is -0.460 e. The lowest BCUT2D eigenvalue weighted by atomic mass is 10.3. The molecule has 0 heterocycles. The molecule has 0 aromatic heterocycles. The lowest BCUT2D eigenvalue weighted by Gasteiger charge is -2.08. The first-order chi connectivity index (χ1) is 8.76. The number of rotatable bonds is 6. The first-order valence-corrected chi connectivity index (χ1v) is 5.74. The molecule has 0 aromatic carbocycles. The van der Waals surface area contributed by atoms with Crippen LogP contribution >= 0.6 is 0 Å². The highest BCUT2D eigenvalue weighted by molar-refractivity contribution is 5.87. The van der Waals surface area contributed by atoms with Gasteiger partial charge in [0.2, 0.25) is 6.29 Å². The van der Waals surface area contributed by atoms with Gasteiger partial charge in [0, 0.05) is 17.6 Å². The normalized spacial score (nSPS) is 10.6. The van der Waals surface area contributed by atoms with Crippen LogP contribution in [0.3, 0.4) is 0 Å². The first kappa shape index (κ1) is 19.7. The summed E-state index contributed by atoms with van der Waals surface area (Å²) in [6, 6.07) is 0. The smallest absolute Gasteiger partial charge is 0.335 e. The van der Waals surface area contributed by atoms with Crippen molar-refractivity contribution in [3.63, 3.8) is 0 Å². The van der Waals surface area contributed by atoms with E-state index in [1.807, 2.05) is 0 Å². The molecule has 0 spiro atoms. The lowest BCUT2D eigenvalue weighted by Crippen LogP contribution is -2.16. The number of esters is 2. The van der Waals surface area contributed by atoms with Gasteiger partial charge in [-0.3, -0.25) is 0 Å². The molecular formula is C13H22O6. The van der Waals surface area contributed by atoms with Crippen molar-refractivity contribution in [2.75, 3.05) is 13.2 Å². The quantitative estimate of drug-likeness (QED) is 0.425. The van der Waals surface area contributed by atoms with Gasteiger partial charge < -0.3 is 19.7 Å². The first-order valence-electron chi connectivity index (χ1n) is 5.74. The molecule has 0 saturated heterocycles. The van der Waals surface area contributed by atoms with Crippen LogP contribution in [-0.4, -0.2) is 41.7 Å². The highest BCUT2D eigenvalue weighted by Crippen LogP contribution is 1.98. The second-order valence-corrected chi connectivity index (χ2v) is 3.69. The molecule has 6 nitrogen and oxygen atoms in total. The van der Waals surface area contributed by atoms with Crippen LogP contribution in [0.2, 0.25) is 0 Å². The minimum absolute atomic E-state index is 0.0473. The Kier molecular flexibility index (Phi) is 11.8. The topological polar surface area (TPSA) is 93.1 Å². The molecule has 0 rings (SSSR count). The highest BCUT2D eigenvalue weighted by Gasteiger charge is 2.08. The van der Waals surface area contributed by atoms with E-state index in [9.17, 15) is 9.59 Å². The predicted molar refractivity (Wildman–Crippen MR) is 70.1 cm³/mol. The van der Waals surface area contributed by atoms with Gasteiger partial charge in [-0.25, -0.2) is 9.59 Å². The van der Waals surface area contributed by atoms with Crippen LogP contribution in [-0.2, 0) is 19.1 Å². The Morgan fingerprint density at radius 1 is 1.16 bits per heavy atom. The number of ether oxygens (including phenoxy) is 2. The van der Waals surface area contributed by atoms with Gasteiger partial charge in [-0.1, -0.05) is 20.1 Å². The van der Waals surface area contributed by atoms with E-state index in [4.69, 9.17) is 10.2 Å². The molecule has 0 bridgehead atoms. The number of aliphatic hydroxyl groups excluding tert-OH is 2. The zero-order valence-electron chi connectivity index (χ0n) is 11.6. The van der Waals surface area contributed by atoms with Crippen molar-refractivity contribution >= 4 is 11.9 Å². The van der Waals surface area contributed by atoms with E-state index in [-0.39, 0.29) is 13.2 Å². The van der Waals surface area contributed by atoms with Crippen molar-refractivity contribution in [3.8, 4) is 0 Å². The third-order valence-electron chi connectivity index (χ3n) is 1.61. The summed E-state index contributed by atoms with van der Waals surface area (Å²) in [4.78, 5) is 21.1. The molecule has 110 valence electrons. The Bertz CT molecular complexity index is 321. The fourth-order valence-corrected chi connectivity index (χ4v) is 0.569. The number of aliphatic hydroxyl groups is 2. The van der Waals surface area contributed by atoms with Crippen molar-refractivity contribution in [2.24, 2.45) is 0 Å². The van der Waals surface area contributed by atoms with Crippen molar-refractivity contribution in [1.29, 1.82) is 0 Å². The number of hydrogen-bond acceptors (Lipinski definition) is 6. The van der Waals surface area contributed by atoms with Gasteiger partial charge in [0.25, 0.3) is 0 Å². The summed E-state index contributed by atoms with van der Waals surface area (Å²) in [6.45, 7) is 11.4. The van der Waals surface area contributed by atoms with Gasteiger partial charge >= 0.3 is 11.9 Å². The van der Waals surface area contributed by atoms with Crippen LogP contribution in [0.5, 0.6) is 0 Å². The van der Waals surface area contributed by atoms with Crippen LogP contribution in [0.15, 0.2) is 24.3 Å². The molecular weight excluding hydrogens is 252 g/mol. The molecule has 0 aliphatic rings. The number of hydrogen-bond donors (Lipinski definition) is 2. The summed E-state index contributed by atoms with van der Waals surface area (Å²) < 4.78 is 8.94. The molecule has 0 saturated carbocycles. The van der Waals surface area contributed by atoms with Crippen LogP contribution in [0, 0.1) is 0 Å². The monoisotopic (exact) mass is 274 g/mol. The molecule has 6 heteroatoms. The molecule has 0 radical (unpaired) electrons. The Morgan fingerprint density at radius 3 is 1.95 bits per heavy atom. The molecule has 0 amide bonds. The van der Waals surface area contributed by atoms with E-state index in [1.165, 1.54) is 6.92 Å². The SMILES string of the molecule is C=C(C)C(=O)OC(O)CC.C=C(C)C(=O)OCCO. The highest BCUT2D eigenvalue weighted by atomic mass is 16.6. The molecule has 1 unspecified atom stereocenters. The Morgan fingerprint density at radius 2 is 1.63 bits per heavy atom. The van der Waals surface area contributed by atoms with E-state index in [1.54, 1.807) is 13.8 Å². The van der Waals surface area contributed by atoms with Crippen LogP contribution in [0.25, 0.3) is 0 Å². The third-order valence-corrected chi connectivity index (χ3v) is 1.61. The van der Waals surface area contributed by atoms with Gasteiger partial charge in [0.05, 0.1) is 6.61 Å². The second kappa shape index (κ2) is 11.4. The maximum Gasteiger partial charge on any atom is 0.335 e. The Balaban J connectivity index is 0. The van der Waals surface area contributed by atoms with Crippen molar-refractivity contribution in [3.05, 3.63) is 24.3 Å². The number of carbonyl (C=O) groups excluding carboxylic acids is 2. The zero-order chi connectivity index (χ0) is 15.4. The summed E-state index contributed by atoms with van der Waals surface area (Å²) in [5.41, 5.74) is 0.649. The second-order valence-electron chi connectivity index (χ2n) is 3.69. The summed E-state index contributed by atoms with van der Waals surface area (Å²) in [7, 11) is 0. The van der Waals surface area contributed by atoms with Gasteiger partial charge in [-0.15, -0.1) is 0 Å². The number of carbonyl (C=O) groups is 2. The Labute approximate surface area is 113 Å². The van der Waals surface area contributed by atoms with E-state index >= 15 is 0 Å². The van der Waals surface area contributed by atoms with E-state index in [0.29, 0.717) is 17.6 Å². The van der Waals surface area contributed by atoms with Crippen LogP contribution in [0.1, 0.15) is 27.2 Å². The van der Waals surface area contributed by atoms with Crippen molar-refractivity contribution in [1.82, 2.24) is 0 Å². The molecule has 2 N–H and O–H groups in total. The largest absolute Gasteiger partial charge is 0.460 e. The van der Waals surface area contributed by atoms with Crippen LogP contribution in [0.4, 0.5) is 0 Å². The molecule has 1 atom stereocenters. The summed E-state index contributed by atoms with van der Waals surface area (Å²) >= 11 is 0. The average molecular weight is 274 g/mol. The van der Waals surface area contributed by atoms with E-state index in [2.05, 4.69) is 22.6 Å². The summed E-state index contributed by atoms with van der Waals surface area (Å²) in [6.07, 6.45) is -0.594. The minimum atomic E-state index is -0.996. The molecule has 0 fully saturated rings. The molecule has 0 aliphatic carbocycles. The van der Waals surface area contributed by atoms with Gasteiger partial charge in [0.1, 0.15) is 6.61 Å². The van der Waals surface area contributed by atoms with Crippen LogP contribution < -0.4 is 0 Å². The summed E-state index contributed by atoms with van der Waals surface area (Å²) in [5, 5.41) is 17.0. The molecule has 19 heavy (non-hydrogen) atoms. The van der Waals surface area contributed by atoms with E-state index in [0.717, 1.165) is 0 Å². The lowest BCUT2D eigenvalue weighted by molar-refractivity contribution is -0.163. The van der Waals surface area contributed by atoms with Gasteiger partial charge in [-0.2, -0.15) is 0 Å². The average Bonchev–Trinajstić information content (AvgIpc) is 2.35. The van der Waals surface area contributed by atoms with E-state index < -0.39 is 18.2 Å². The third kappa shape index (κ3) is 12.6. The molecule has 0 aromatic rings. The summed E-state index contributed by atoms with van der Waals surface area (Å²) in [5.74, 6) is -1.00. The standard InChI is InChI=1S/C7H12O3.C6H10O3/c1-4-6(8)10-7(9)5(2)3;1-5(2)6(8)9-4-3-7/h6,8H,2,4H2,1,3H3;7H,1,3-4H2,2H3. The zero-order valence-corrected chi connectivity index (χ0v) is 11.6.